The summed E-state index contributed by atoms with van der Waals surface area (Å²) in [6.45, 7) is 9.99. The molecule has 1 rings (SSSR count). The third-order valence-corrected chi connectivity index (χ3v) is 4.32. The van der Waals surface area contributed by atoms with Crippen molar-refractivity contribution in [1.82, 2.24) is 15.1 Å². The highest BCUT2D eigenvalue weighted by Crippen LogP contribution is 2.29. The van der Waals surface area contributed by atoms with Crippen molar-refractivity contribution >= 4 is 17.7 Å². The molecule has 0 bridgehead atoms. The Kier molecular flexibility index (Phi) is 5.65. The Morgan fingerprint density at radius 1 is 1.55 bits per heavy atom. The van der Waals surface area contributed by atoms with E-state index in [4.69, 9.17) is 5.73 Å². The van der Waals surface area contributed by atoms with Gasteiger partial charge in [-0.25, -0.2) is 0 Å². The average Bonchev–Trinajstić information content (AvgIpc) is 2.55. The highest BCUT2D eigenvalue weighted by atomic mass is 32.2. The smallest absolute Gasteiger partial charge is 0.237 e. The number of hydrogen-bond acceptors (Lipinski definition) is 4. The van der Waals surface area contributed by atoms with E-state index in [1.165, 1.54) is 0 Å². The minimum atomic E-state index is -0.686. The van der Waals surface area contributed by atoms with Gasteiger partial charge >= 0.3 is 0 Å². The Hall–Kier alpha value is -1.01. The van der Waals surface area contributed by atoms with Crippen LogP contribution in [0.3, 0.4) is 0 Å². The number of amides is 1. The standard InChI is InChI=1S/C14H26N4OS/c1-9(2)16-14(5,13(15)19)8-11(4)20-12-7-10(3)17-18(12)6/h7,9,11,16H,8H2,1-6H3,(H2,15,19). The van der Waals surface area contributed by atoms with E-state index in [0.717, 1.165) is 10.7 Å². The first kappa shape index (κ1) is 17.0. The van der Waals surface area contributed by atoms with Gasteiger partial charge in [0.05, 0.1) is 16.3 Å². The molecule has 2 atom stereocenters. The fourth-order valence-corrected chi connectivity index (χ4v) is 3.65. The summed E-state index contributed by atoms with van der Waals surface area (Å²) in [5.74, 6) is -0.306. The normalized spacial score (nSPS) is 16.1. The minimum Gasteiger partial charge on any atom is -0.368 e. The first-order valence-electron chi connectivity index (χ1n) is 6.89. The lowest BCUT2D eigenvalue weighted by molar-refractivity contribution is -0.124. The van der Waals surface area contributed by atoms with Crippen LogP contribution in [-0.4, -0.2) is 32.5 Å². The number of hydrogen-bond donors (Lipinski definition) is 2. The van der Waals surface area contributed by atoms with E-state index in [9.17, 15) is 4.79 Å². The fourth-order valence-electron chi connectivity index (χ4n) is 2.39. The Balaban J connectivity index is 2.74. The second-order valence-corrected chi connectivity index (χ2v) is 7.33. The maximum Gasteiger partial charge on any atom is 0.237 e. The molecule has 2 unspecified atom stereocenters. The first-order chi connectivity index (χ1) is 9.14. The largest absolute Gasteiger partial charge is 0.368 e. The van der Waals surface area contributed by atoms with Crippen molar-refractivity contribution in [2.75, 3.05) is 0 Å². The van der Waals surface area contributed by atoms with Crippen LogP contribution in [0.4, 0.5) is 0 Å². The number of carbonyl (C=O) groups excluding carboxylic acids is 1. The molecule has 5 nitrogen and oxygen atoms in total. The molecule has 0 spiro atoms. The van der Waals surface area contributed by atoms with Crippen LogP contribution in [0.15, 0.2) is 11.1 Å². The molecule has 0 aliphatic carbocycles. The van der Waals surface area contributed by atoms with Crippen LogP contribution >= 0.6 is 11.8 Å². The maximum atomic E-state index is 11.7. The molecule has 1 aromatic heterocycles. The van der Waals surface area contributed by atoms with Gasteiger partial charge in [-0.05, 0) is 40.2 Å². The maximum absolute atomic E-state index is 11.7. The quantitative estimate of drug-likeness (QED) is 0.753. The molecule has 6 heteroatoms. The second-order valence-electron chi connectivity index (χ2n) is 5.88. The number of aryl methyl sites for hydroxylation is 2. The molecule has 114 valence electrons. The SMILES string of the molecule is Cc1cc(SC(C)CC(C)(NC(C)C)C(N)=O)n(C)n1. The van der Waals surface area contributed by atoms with Crippen molar-refractivity contribution in [2.24, 2.45) is 12.8 Å². The van der Waals surface area contributed by atoms with Gasteiger partial charge in [0.25, 0.3) is 0 Å². The van der Waals surface area contributed by atoms with Crippen LogP contribution in [-0.2, 0) is 11.8 Å². The van der Waals surface area contributed by atoms with E-state index in [-0.39, 0.29) is 17.2 Å². The molecule has 0 saturated heterocycles. The Labute approximate surface area is 125 Å². The van der Waals surface area contributed by atoms with E-state index in [1.807, 2.05) is 39.4 Å². The molecular formula is C14H26N4OS. The van der Waals surface area contributed by atoms with Crippen LogP contribution < -0.4 is 11.1 Å². The molecule has 0 aliphatic rings. The number of rotatable bonds is 7. The van der Waals surface area contributed by atoms with Crippen molar-refractivity contribution in [3.8, 4) is 0 Å². The van der Waals surface area contributed by atoms with E-state index in [2.05, 4.69) is 23.4 Å². The molecule has 1 heterocycles. The number of carbonyl (C=O) groups is 1. The number of thioether (sulfide) groups is 1. The van der Waals surface area contributed by atoms with Gasteiger partial charge in [0.15, 0.2) is 0 Å². The summed E-state index contributed by atoms with van der Waals surface area (Å²) in [6, 6.07) is 2.27. The van der Waals surface area contributed by atoms with Gasteiger partial charge in [-0.1, -0.05) is 6.92 Å². The number of aromatic nitrogens is 2. The molecule has 0 saturated carbocycles. The minimum absolute atomic E-state index is 0.212. The van der Waals surface area contributed by atoms with Gasteiger partial charge in [0.2, 0.25) is 5.91 Å². The molecule has 3 N–H and O–H groups in total. The Morgan fingerprint density at radius 3 is 2.55 bits per heavy atom. The average molecular weight is 298 g/mol. The zero-order valence-electron chi connectivity index (χ0n) is 13.2. The Morgan fingerprint density at radius 2 is 2.15 bits per heavy atom. The molecular weight excluding hydrogens is 272 g/mol. The fraction of sp³-hybridized carbons (Fsp3) is 0.714. The van der Waals surface area contributed by atoms with Gasteiger partial charge in [0.1, 0.15) is 0 Å². The van der Waals surface area contributed by atoms with Crippen molar-refractivity contribution in [3.05, 3.63) is 11.8 Å². The summed E-state index contributed by atoms with van der Waals surface area (Å²) >= 11 is 1.72. The van der Waals surface area contributed by atoms with Gasteiger partial charge in [-0.3, -0.25) is 9.48 Å². The molecule has 1 aromatic rings. The predicted molar refractivity (Wildman–Crippen MR) is 83.8 cm³/mol. The second kappa shape index (κ2) is 6.63. The molecule has 0 fully saturated rings. The highest BCUT2D eigenvalue weighted by molar-refractivity contribution is 7.99. The lowest BCUT2D eigenvalue weighted by Crippen LogP contribution is -2.56. The zero-order chi connectivity index (χ0) is 15.5. The summed E-state index contributed by atoms with van der Waals surface area (Å²) in [5.41, 5.74) is 5.88. The molecule has 20 heavy (non-hydrogen) atoms. The topological polar surface area (TPSA) is 72.9 Å². The number of primary amides is 1. The van der Waals surface area contributed by atoms with E-state index >= 15 is 0 Å². The number of nitrogens with zero attached hydrogens (tertiary/aromatic N) is 2. The third-order valence-electron chi connectivity index (χ3n) is 3.13. The first-order valence-corrected chi connectivity index (χ1v) is 7.77. The number of nitrogens with one attached hydrogen (secondary N) is 1. The summed E-state index contributed by atoms with van der Waals surface area (Å²) in [4.78, 5) is 11.7. The van der Waals surface area contributed by atoms with E-state index in [1.54, 1.807) is 11.8 Å². The summed E-state index contributed by atoms with van der Waals surface area (Å²) in [5, 5.41) is 8.98. The van der Waals surface area contributed by atoms with Crippen LogP contribution in [0, 0.1) is 6.92 Å². The van der Waals surface area contributed by atoms with Crippen molar-refractivity contribution in [3.63, 3.8) is 0 Å². The summed E-state index contributed by atoms with van der Waals surface area (Å²) in [7, 11) is 1.93. The van der Waals surface area contributed by atoms with Crippen molar-refractivity contribution in [2.45, 2.75) is 62.9 Å². The predicted octanol–water partition coefficient (Wildman–Crippen LogP) is 1.84. The van der Waals surface area contributed by atoms with Crippen LogP contribution in [0.5, 0.6) is 0 Å². The summed E-state index contributed by atoms with van der Waals surface area (Å²) < 4.78 is 1.87. The molecule has 0 aliphatic heterocycles. The molecule has 0 aromatic carbocycles. The van der Waals surface area contributed by atoms with Crippen LogP contribution in [0.25, 0.3) is 0 Å². The van der Waals surface area contributed by atoms with E-state index in [0.29, 0.717) is 6.42 Å². The lowest BCUT2D eigenvalue weighted by atomic mass is 9.94. The van der Waals surface area contributed by atoms with Gasteiger partial charge in [-0.15, -0.1) is 11.8 Å². The number of nitrogens with two attached hydrogens (primary N) is 1. The van der Waals surface area contributed by atoms with Gasteiger partial charge < -0.3 is 11.1 Å². The lowest BCUT2D eigenvalue weighted by Gasteiger charge is -2.32. The van der Waals surface area contributed by atoms with Gasteiger partial charge in [0, 0.05) is 18.3 Å². The zero-order valence-corrected chi connectivity index (χ0v) is 14.0. The van der Waals surface area contributed by atoms with Crippen LogP contribution in [0.1, 0.15) is 39.8 Å². The van der Waals surface area contributed by atoms with E-state index < -0.39 is 5.54 Å². The van der Waals surface area contributed by atoms with Gasteiger partial charge in [-0.2, -0.15) is 5.10 Å². The van der Waals surface area contributed by atoms with Crippen molar-refractivity contribution in [1.29, 1.82) is 0 Å². The highest BCUT2D eigenvalue weighted by Gasteiger charge is 2.33. The van der Waals surface area contributed by atoms with Crippen molar-refractivity contribution < 1.29 is 4.79 Å². The monoisotopic (exact) mass is 298 g/mol. The molecule has 1 amide bonds. The third kappa shape index (κ3) is 4.52. The van der Waals surface area contributed by atoms with Crippen LogP contribution in [0.2, 0.25) is 0 Å². The molecule has 0 radical (unpaired) electrons. The summed E-state index contributed by atoms with van der Waals surface area (Å²) in [6.07, 6.45) is 0.676. The Bertz CT molecular complexity index is 472.